The molecule has 0 heterocycles. The molecule has 164 valence electrons. The van der Waals surface area contributed by atoms with Crippen LogP contribution in [0.5, 0.6) is 0 Å². The van der Waals surface area contributed by atoms with Crippen molar-refractivity contribution < 1.29 is 33.2 Å². The second-order valence-corrected chi connectivity index (χ2v) is 5.74. The normalized spacial score (nSPS) is 11.3. The summed E-state index contributed by atoms with van der Waals surface area (Å²) < 4.78 is 37.8. The van der Waals surface area contributed by atoms with Gasteiger partial charge in [-0.2, -0.15) is 0 Å². The van der Waals surface area contributed by atoms with Gasteiger partial charge < -0.3 is 38.5 Å². The van der Waals surface area contributed by atoms with Crippen molar-refractivity contribution in [3.8, 4) is 0 Å². The van der Waals surface area contributed by atoms with Crippen LogP contribution >= 0.6 is 0 Å². The van der Waals surface area contributed by atoms with E-state index in [4.69, 9.17) is 33.2 Å². The highest BCUT2D eigenvalue weighted by Crippen LogP contribution is 1.88. The third-order valence-electron chi connectivity index (χ3n) is 3.37. The highest BCUT2D eigenvalue weighted by molar-refractivity contribution is 4.38. The van der Waals surface area contributed by atoms with Gasteiger partial charge in [-0.1, -0.05) is 13.3 Å². The molecule has 0 aliphatic carbocycles. The molecule has 0 fully saturated rings. The van der Waals surface area contributed by atoms with E-state index in [1.807, 2.05) is 7.05 Å². The summed E-state index contributed by atoms with van der Waals surface area (Å²) >= 11 is 0. The molecule has 0 atom stereocenters. The Labute approximate surface area is 165 Å². The van der Waals surface area contributed by atoms with E-state index in [1.54, 1.807) is 0 Å². The first-order valence-corrected chi connectivity index (χ1v) is 10.1. The molecule has 0 aromatic carbocycles. The third kappa shape index (κ3) is 25.7. The Morgan fingerprint density at radius 3 is 1.04 bits per heavy atom. The molecule has 0 bridgehead atoms. The molecule has 0 rings (SSSR count). The Kier molecular flexibility index (Phi) is 25.4. The second kappa shape index (κ2) is 25.7. The Hall–Kier alpha value is -0.320. The van der Waals surface area contributed by atoms with Crippen molar-refractivity contribution in [1.82, 2.24) is 5.32 Å². The Morgan fingerprint density at radius 2 is 0.741 bits per heavy atom. The number of nitrogens with one attached hydrogen (secondary N) is 1. The van der Waals surface area contributed by atoms with Gasteiger partial charge in [-0.05, 0) is 13.5 Å². The van der Waals surface area contributed by atoms with Gasteiger partial charge in [-0.15, -0.1) is 0 Å². The molecule has 0 aliphatic rings. The summed E-state index contributed by atoms with van der Waals surface area (Å²) in [4.78, 5) is 0. The van der Waals surface area contributed by atoms with E-state index >= 15 is 0 Å². The van der Waals surface area contributed by atoms with E-state index in [9.17, 15) is 0 Å². The van der Waals surface area contributed by atoms with Crippen LogP contribution in [-0.2, 0) is 33.2 Å². The van der Waals surface area contributed by atoms with E-state index in [0.717, 1.165) is 26.0 Å². The molecule has 0 aliphatic heterocycles. The van der Waals surface area contributed by atoms with Crippen molar-refractivity contribution in [3.63, 3.8) is 0 Å². The maximum absolute atomic E-state index is 5.42. The van der Waals surface area contributed by atoms with Gasteiger partial charge in [0.05, 0.1) is 85.9 Å². The summed E-state index contributed by atoms with van der Waals surface area (Å²) in [7, 11) is 1.90. The highest BCUT2D eigenvalue weighted by Gasteiger charge is 1.94. The lowest BCUT2D eigenvalue weighted by Gasteiger charge is -2.08. The Bertz CT molecular complexity index is 236. The van der Waals surface area contributed by atoms with Gasteiger partial charge >= 0.3 is 0 Å². The van der Waals surface area contributed by atoms with E-state index in [-0.39, 0.29) is 0 Å². The molecule has 0 radical (unpaired) electrons. The maximum Gasteiger partial charge on any atom is 0.0701 e. The standard InChI is InChI=1S/C19H41NO7/c1-3-4-6-21-8-10-23-12-14-25-16-18-27-19-17-26-15-13-24-11-9-22-7-5-20-2/h20H,3-19H2,1-2H3. The molecule has 1 N–H and O–H groups in total. The predicted octanol–water partition coefficient (Wildman–Crippen LogP) is 1.12. The molecular weight excluding hydrogens is 354 g/mol. The molecule has 0 saturated heterocycles. The van der Waals surface area contributed by atoms with Gasteiger partial charge in [0, 0.05) is 13.2 Å². The zero-order valence-electron chi connectivity index (χ0n) is 17.4. The average Bonchev–Trinajstić information content (AvgIpc) is 2.68. The van der Waals surface area contributed by atoms with Crippen LogP contribution in [0.25, 0.3) is 0 Å². The van der Waals surface area contributed by atoms with Crippen molar-refractivity contribution in [1.29, 1.82) is 0 Å². The van der Waals surface area contributed by atoms with Crippen LogP contribution in [0.1, 0.15) is 19.8 Å². The summed E-state index contributed by atoms with van der Waals surface area (Å²) in [6.45, 7) is 11.5. The van der Waals surface area contributed by atoms with E-state index < -0.39 is 0 Å². The fourth-order valence-corrected chi connectivity index (χ4v) is 1.84. The first kappa shape index (κ1) is 26.7. The molecule has 8 heteroatoms. The number of ether oxygens (including phenoxy) is 7. The zero-order chi connectivity index (χ0) is 19.7. The number of rotatable bonds is 24. The Balaban J connectivity index is 2.95. The predicted molar refractivity (Wildman–Crippen MR) is 105 cm³/mol. The first-order chi connectivity index (χ1) is 13.4. The van der Waals surface area contributed by atoms with Gasteiger partial charge in [0.1, 0.15) is 0 Å². The Morgan fingerprint density at radius 1 is 0.444 bits per heavy atom. The number of unbranched alkanes of at least 4 members (excludes halogenated alkanes) is 1. The lowest BCUT2D eigenvalue weighted by atomic mass is 10.4. The number of hydrogen-bond donors (Lipinski definition) is 1. The van der Waals surface area contributed by atoms with Gasteiger partial charge in [-0.25, -0.2) is 0 Å². The van der Waals surface area contributed by atoms with Crippen molar-refractivity contribution >= 4 is 0 Å². The largest absolute Gasteiger partial charge is 0.379 e. The topological polar surface area (TPSA) is 76.6 Å². The van der Waals surface area contributed by atoms with Crippen molar-refractivity contribution in [3.05, 3.63) is 0 Å². The molecule has 0 unspecified atom stereocenters. The van der Waals surface area contributed by atoms with Crippen LogP contribution in [0, 0.1) is 0 Å². The van der Waals surface area contributed by atoms with Crippen LogP contribution in [0.2, 0.25) is 0 Å². The molecule has 0 aromatic heterocycles. The molecule has 0 amide bonds. The zero-order valence-corrected chi connectivity index (χ0v) is 17.4. The lowest BCUT2D eigenvalue weighted by Crippen LogP contribution is -2.17. The minimum atomic E-state index is 0.558. The van der Waals surface area contributed by atoms with Gasteiger partial charge in [0.2, 0.25) is 0 Å². The maximum atomic E-state index is 5.42. The summed E-state index contributed by atoms with van der Waals surface area (Å²) in [5.74, 6) is 0. The lowest BCUT2D eigenvalue weighted by molar-refractivity contribution is -0.0204. The van der Waals surface area contributed by atoms with E-state index in [2.05, 4.69) is 12.2 Å². The van der Waals surface area contributed by atoms with Gasteiger partial charge in [-0.3, -0.25) is 0 Å². The van der Waals surface area contributed by atoms with Crippen molar-refractivity contribution in [2.75, 3.05) is 106 Å². The van der Waals surface area contributed by atoms with Crippen LogP contribution in [-0.4, -0.2) is 106 Å². The summed E-state index contributed by atoms with van der Waals surface area (Å²) in [6.07, 6.45) is 2.26. The summed E-state index contributed by atoms with van der Waals surface area (Å²) in [5, 5.41) is 3.02. The number of likely N-dealkylation sites (N-methyl/N-ethyl adjacent to an activating group) is 1. The minimum absolute atomic E-state index is 0.558. The second-order valence-electron chi connectivity index (χ2n) is 5.74. The molecule has 27 heavy (non-hydrogen) atoms. The fraction of sp³-hybridized carbons (Fsp3) is 1.00. The SMILES string of the molecule is CCCCOCCOCCOCCOCCOCCOCCOCCNC. The van der Waals surface area contributed by atoms with Gasteiger partial charge in [0.15, 0.2) is 0 Å². The minimum Gasteiger partial charge on any atom is -0.379 e. The summed E-state index contributed by atoms with van der Waals surface area (Å²) in [6, 6.07) is 0. The van der Waals surface area contributed by atoms with Crippen LogP contribution in [0.4, 0.5) is 0 Å². The number of hydrogen-bond acceptors (Lipinski definition) is 8. The fourth-order valence-electron chi connectivity index (χ4n) is 1.84. The monoisotopic (exact) mass is 395 g/mol. The van der Waals surface area contributed by atoms with Crippen molar-refractivity contribution in [2.45, 2.75) is 19.8 Å². The van der Waals surface area contributed by atoms with E-state index in [1.165, 1.54) is 0 Å². The smallest absolute Gasteiger partial charge is 0.0701 e. The molecular formula is C19H41NO7. The van der Waals surface area contributed by atoms with Crippen LogP contribution in [0.15, 0.2) is 0 Å². The molecule has 8 nitrogen and oxygen atoms in total. The first-order valence-electron chi connectivity index (χ1n) is 10.1. The van der Waals surface area contributed by atoms with E-state index in [0.29, 0.717) is 85.9 Å². The molecule has 0 spiro atoms. The average molecular weight is 396 g/mol. The van der Waals surface area contributed by atoms with Gasteiger partial charge in [0.25, 0.3) is 0 Å². The third-order valence-corrected chi connectivity index (χ3v) is 3.37. The molecule has 0 saturated carbocycles. The van der Waals surface area contributed by atoms with Crippen LogP contribution < -0.4 is 5.32 Å². The van der Waals surface area contributed by atoms with Crippen LogP contribution in [0.3, 0.4) is 0 Å². The quantitative estimate of drug-likeness (QED) is 0.244. The molecule has 0 aromatic rings. The summed E-state index contributed by atoms with van der Waals surface area (Å²) in [5.41, 5.74) is 0. The van der Waals surface area contributed by atoms with Crippen molar-refractivity contribution in [2.24, 2.45) is 0 Å². The highest BCUT2D eigenvalue weighted by atomic mass is 16.6.